The van der Waals surface area contributed by atoms with Crippen LogP contribution in [0.4, 0.5) is 11.4 Å². The zero-order valence-electron chi connectivity index (χ0n) is 20.7. The van der Waals surface area contributed by atoms with Gasteiger partial charge in [0.2, 0.25) is 0 Å². The molecule has 0 atom stereocenters. The highest BCUT2D eigenvalue weighted by molar-refractivity contribution is 6.22. The van der Waals surface area contributed by atoms with Crippen LogP contribution in [0.15, 0.2) is 66.7 Å². The second-order valence-electron chi connectivity index (χ2n) is 9.49. The van der Waals surface area contributed by atoms with Crippen molar-refractivity contribution >= 4 is 41.0 Å². The lowest BCUT2D eigenvalue weighted by atomic mass is 10.1. The van der Waals surface area contributed by atoms with Crippen molar-refractivity contribution in [2.45, 2.75) is 33.2 Å². The van der Waals surface area contributed by atoms with Crippen molar-refractivity contribution in [2.24, 2.45) is 0 Å². The zero-order valence-corrected chi connectivity index (χ0v) is 20.7. The lowest BCUT2D eigenvalue weighted by molar-refractivity contribution is -0.131. The van der Waals surface area contributed by atoms with Gasteiger partial charge in [0.05, 0.1) is 11.1 Å². The topological polar surface area (TPSA) is 122 Å². The number of ether oxygens (including phenoxy) is 1. The largest absolute Gasteiger partial charge is 0.427 e. The van der Waals surface area contributed by atoms with E-state index in [9.17, 15) is 24.0 Å². The number of fused-ring (bicyclic) bond motifs is 1. The van der Waals surface area contributed by atoms with Crippen molar-refractivity contribution in [3.05, 3.63) is 89.0 Å². The number of nitrogens with one attached hydrogen (secondary N) is 2. The Bertz CT molecular complexity index is 1450. The molecule has 0 saturated heterocycles. The van der Waals surface area contributed by atoms with Crippen LogP contribution >= 0.6 is 0 Å². The minimum Gasteiger partial charge on any atom is -0.427 e. The minimum atomic E-state index is -0.692. The lowest BCUT2D eigenvalue weighted by Gasteiger charge is -2.29. The van der Waals surface area contributed by atoms with Crippen LogP contribution in [-0.4, -0.2) is 40.0 Å². The van der Waals surface area contributed by atoms with Crippen molar-refractivity contribution in [1.82, 2.24) is 4.90 Å². The average Bonchev–Trinajstić information content (AvgIpc) is 3.08. The number of carbonyl (C=O) groups excluding carboxylic acids is 5. The van der Waals surface area contributed by atoms with Crippen molar-refractivity contribution in [2.75, 3.05) is 10.6 Å². The number of hydrogen-bond donors (Lipinski definition) is 2. The van der Waals surface area contributed by atoms with E-state index in [1.165, 1.54) is 36.1 Å². The average molecular weight is 500 g/mol. The van der Waals surface area contributed by atoms with Gasteiger partial charge in [-0.15, -0.1) is 0 Å². The zero-order chi connectivity index (χ0) is 26.9. The molecule has 0 unspecified atom stereocenters. The van der Waals surface area contributed by atoms with Crippen LogP contribution in [-0.2, 0) is 4.79 Å². The summed E-state index contributed by atoms with van der Waals surface area (Å²) >= 11 is 0. The SMILES string of the molecule is CC(=O)Oc1cccc(C(=O)Nc2cccc(NC(=O)c3ccc4c(c3)C(=O)N(C(C)(C)C)C4=O)c2)c1. The fraction of sp³-hybridized carbons (Fsp3) is 0.179. The molecule has 4 amide bonds. The van der Waals surface area contributed by atoms with Crippen LogP contribution < -0.4 is 15.4 Å². The molecule has 0 saturated carbocycles. The first-order valence-electron chi connectivity index (χ1n) is 11.5. The maximum absolute atomic E-state index is 12.9. The molecule has 2 N–H and O–H groups in total. The molecule has 3 aromatic rings. The van der Waals surface area contributed by atoms with E-state index in [-0.39, 0.29) is 33.9 Å². The molecule has 9 nitrogen and oxygen atoms in total. The Morgan fingerprint density at radius 2 is 1.30 bits per heavy atom. The van der Waals surface area contributed by atoms with Crippen molar-refractivity contribution < 1.29 is 28.7 Å². The molecule has 0 aliphatic carbocycles. The van der Waals surface area contributed by atoms with Crippen LogP contribution in [0.3, 0.4) is 0 Å². The number of carbonyl (C=O) groups is 5. The van der Waals surface area contributed by atoms with E-state index in [0.717, 1.165) is 0 Å². The van der Waals surface area contributed by atoms with Crippen LogP contribution in [0.5, 0.6) is 5.75 Å². The molecule has 188 valence electrons. The molecule has 0 aromatic heterocycles. The second-order valence-corrected chi connectivity index (χ2v) is 9.49. The van der Waals surface area contributed by atoms with Crippen LogP contribution in [0.2, 0.25) is 0 Å². The first kappa shape index (κ1) is 25.3. The molecule has 0 radical (unpaired) electrons. The number of anilines is 2. The van der Waals surface area contributed by atoms with Crippen molar-refractivity contribution in [1.29, 1.82) is 0 Å². The van der Waals surface area contributed by atoms with Gasteiger partial charge >= 0.3 is 5.97 Å². The van der Waals surface area contributed by atoms with Gasteiger partial charge in [0.1, 0.15) is 5.75 Å². The Morgan fingerprint density at radius 3 is 1.89 bits per heavy atom. The van der Waals surface area contributed by atoms with E-state index in [1.54, 1.807) is 63.2 Å². The molecule has 9 heteroatoms. The molecule has 0 spiro atoms. The number of esters is 1. The molecule has 1 aliphatic heterocycles. The van der Waals surface area contributed by atoms with Gasteiger partial charge < -0.3 is 15.4 Å². The number of imide groups is 1. The van der Waals surface area contributed by atoms with Crippen molar-refractivity contribution in [3.8, 4) is 5.75 Å². The Morgan fingerprint density at radius 1 is 0.730 bits per heavy atom. The highest BCUT2D eigenvalue weighted by atomic mass is 16.5. The molecule has 1 aliphatic rings. The van der Waals surface area contributed by atoms with E-state index < -0.39 is 29.2 Å². The summed E-state index contributed by atoms with van der Waals surface area (Å²) in [4.78, 5) is 63.4. The molecular weight excluding hydrogens is 474 g/mol. The summed E-state index contributed by atoms with van der Waals surface area (Å²) in [7, 11) is 0. The van der Waals surface area contributed by atoms with Gasteiger partial charge in [0.15, 0.2) is 0 Å². The fourth-order valence-corrected chi connectivity index (χ4v) is 3.94. The van der Waals surface area contributed by atoms with Gasteiger partial charge in [-0.25, -0.2) is 0 Å². The van der Waals surface area contributed by atoms with E-state index in [0.29, 0.717) is 11.4 Å². The van der Waals surface area contributed by atoms with E-state index in [2.05, 4.69) is 10.6 Å². The molecule has 1 heterocycles. The Kier molecular flexibility index (Phi) is 6.63. The van der Waals surface area contributed by atoms with Gasteiger partial charge in [-0.05, 0) is 75.4 Å². The van der Waals surface area contributed by atoms with Gasteiger partial charge in [-0.1, -0.05) is 12.1 Å². The van der Waals surface area contributed by atoms with E-state index in [4.69, 9.17) is 4.74 Å². The second kappa shape index (κ2) is 9.69. The quantitative estimate of drug-likeness (QED) is 0.303. The lowest BCUT2D eigenvalue weighted by Crippen LogP contribution is -2.45. The van der Waals surface area contributed by atoms with Gasteiger partial charge in [0.25, 0.3) is 23.6 Å². The number of hydrogen-bond acceptors (Lipinski definition) is 6. The van der Waals surface area contributed by atoms with E-state index in [1.807, 2.05) is 0 Å². The molecule has 4 rings (SSSR count). The monoisotopic (exact) mass is 499 g/mol. The Balaban J connectivity index is 1.48. The summed E-state index contributed by atoms with van der Waals surface area (Å²) in [6.45, 7) is 6.58. The summed E-state index contributed by atoms with van der Waals surface area (Å²) in [5.41, 5.74) is 1.10. The maximum Gasteiger partial charge on any atom is 0.308 e. The first-order valence-corrected chi connectivity index (χ1v) is 11.5. The Hall–Kier alpha value is -4.79. The molecule has 0 fully saturated rings. The van der Waals surface area contributed by atoms with Crippen LogP contribution in [0, 0.1) is 0 Å². The predicted molar refractivity (Wildman–Crippen MR) is 137 cm³/mol. The van der Waals surface area contributed by atoms with Gasteiger partial charge in [0, 0.05) is 35.0 Å². The Labute approximate surface area is 213 Å². The first-order chi connectivity index (χ1) is 17.4. The molecule has 3 aromatic carbocycles. The normalized spacial score (nSPS) is 12.7. The summed E-state index contributed by atoms with van der Waals surface area (Å²) in [5.74, 6) is -1.98. The highest BCUT2D eigenvalue weighted by Crippen LogP contribution is 2.30. The maximum atomic E-state index is 12.9. The summed E-state index contributed by atoms with van der Waals surface area (Å²) in [6, 6.07) is 17.1. The van der Waals surface area contributed by atoms with Crippen LogP contribution in [0.25, 0.3) is 0 Å². The van der Waals surface area contributed by atoms with Crippen molar-refractivity contribution in [3.63, 3.8) is 0 Å². The summed E-state index contributed by atoms with van der Waals surface area (Å²) < 4.78 is 5.01. The third kappa shape index (κ3) is 5.40. The predicted octanol–water partition coefficient (Wildman–Crippen LogP) is 4.51. The van der Waals surface area contributed by atoms with Gasteiger partial charge in [-0.3, -0.25) is 28.9 Å². The fourth-order valence-electron chi connectivity index (χ4n) is 3.94. The third-order valence-corrected chi connectivity index (χ3v) is 5.56. The van der Waals surface area contributed by atoms with E-state index >= 15 is 0 Å². The third-order valence-electron chi connectivity index (χ3n) is 5.56. The molecule has 0 bridgehead atoms. The molecule has 37 heavy (non-hydrogen) atoms. The number of rotatable bonds is 5. The highest BCUT2D eigenvalue weighted by Gasteiger charge is 2.42. The minimum absolute atomic E-state index is 0.185. The summed E-state index contributed by atoms with van der Waals surface area (Å²) in [5, 5.41) is 5.48. The number of amides is 4. The summed E-state index contributed by atoms with van der Waals surface area (Å²) in [6.07, 6.45) is 0. The smallest absolute Gasteiger partial charge is 0.308 e. The number of nitrogens with zero attached hydrogens (tertiary/aromatic N) is 1. The van der Waals surface area contributed by atoms with Crippen LogP contribution in [0.1, 0.15) is 69.1 Å². The standard InChI is InChI=1S/C28H25N3O6/c1-16(32)37-21-10-5-7-17(13-21)24(33)29-19-8-6-9-20(15-19)30-25(34)18-11-12-22-23(14-18)27(36)31(26(22)35)28(2,3)4/h5-15H,1-4H3,(H,29,33)(H,30,34). The number of benzene rings is 3. The van der Waals surface area contributed by atoms with Gasteiger partial charge in [-0.2, -0.15) is 0 Å². The molecular formula is C28H25N3O6.